The van der Waals surface area contributed by atoms with Gasteiger partial charge in [-0.15, -0.1) is 11.3 Å². The first-order chi connectivity index (χ1) is 14.4. The molecule has 0 aliphatic heterocycles. The van der Waals surface area contributed by atoms with Gasteiger partial charge >= 0.3 is 5.97 Å². The molecule has 1 unspecified atom stereocenters. The summed E-state index contributed by atoms with van der Waals surface area (Å²) in [4.78, 5) is 36.9. The van der Waals surface area contributed by atoms with E-state index in [1.165, 1.54) is 24.3 Å². The second-order valence-corrected chi connectivity index (χ2v) is 7.67. The first kappa shape index (κ1) is 21.3. The van der Waals surface area contributed by atoms with Gasteiger partial charge in [-0.05, 0) is 31.2 Å². The van der Waals surface area contributed by atoms with Gasteiger partial charge in [0.25, 0.3) is 11.8 Å². The number of nitrogens with one attached hydrogen (secondary N) is 2. The van der Waals surface area contributed by atoms with Gasteiger partial charge in [0.1, 0.15) is 11.4 Å². The van der Waals surface area contributed by atoms with E-state index in [0.29, 0.717) is 21.2 Å². The van der Waals surface area contributed by atoms with Crippen LogP contribution in [0.4, 0.5) is 5.69 Å². The predicted octanol–water partition coefficient (Wildman–Crippen LogP) is 3.73. The summed E-state index contributed by atoms with van der Waals surface area (Å²) in [6.07, 6.45) is -1.09. The standard InChI is InChI=1S/C21H16ClN3O4S/c1-12(20(27)25-14-6-4-5-13(9-14)10-23)29-17(26)11-24-21(28)19-18(22)15-7-2-3-8-16(15)30-19/h2-9,12H,11H2,1H3,(H,24,28)(H,25,27). The number of carbonyl (C=O) groups excluding carboxylic acids is 3. The number of hydrogen-bond acceptors (Lipinski definition) is 6. The van der Waals surface area contributed by atoms with Gasteiger partial charge in [-0.3, -0.25) is 14.4 Å². The summed E-state index contributed by atoms with van der Waals surface area (Å²) in [7, 11) is 0. The molecule has 2 N–H and O–H groups in total. The smallest absolute Gasteiger partial charge is 0.326 e. The van der Waals surface area contributed by atoms with E-state index in [9.17, 15) is 14.4 Å². The highest BCUT2D eigenvalue weighted by atomic mass is 35.5. The van der Waals surface area contributed by atoms with Crippen LogP contribution in [-0.2, 0) is 14.3 Å². The Morgan fingerprint density at radius 2 is 1.97 bits per heavy atom. The largest absolute Gasteiger partial charge is 0.451 e. The number of fused-ring (bicyclic) bond motifs is 1. The van der Waals surface area contributed by atoms with Crippen LogP contribution in [0.1, 0.15) is 22.2 Å². The number of nitriles is 1. The van der Waals surface area contributed by atoms with E-state index in [0.717, 1.165) is 10.1 Å². The Bertz CT molecular complexity index is 1170. The normalized spacial score (nSPS) is 11.4. The fourth-order valence-corrected chi connectivity index (χ4v) is 4.03. The van der Waals surface area contributed by atoms with Crippen LogP contribution in [0.5, 0.6) is 0 Å². The van der Waals surface area contributed by atoms with Crippen LogP contribution in [0.3, 0.4) is 0 Å². The quantitative estimate of drug-likeness (QED) is 0.566. The molecule has 152 valence electrons. The molecular formula is C21H16ClN3O4S. The number of amides is 2. The summed E-state index contributed by atoms with van der Waals surface area (Å²) < 4.78 is 5.92. The van der Waals surface area contributed by atoms with E-state index >= 15 is 0 Å². The van der Waals surface area contributed by atoms with E-state index in [4.69, 9.17) is 21.6 Å². The van der Waals surface area contributed by atoms with Crippen molar-refractivity contribution in [2.75, 3.05) is 11.9 Å². The second-order valence-electron chi connectivity index (χ2n) is 6.24. The molecule has 30 heavy (non-hydrogen) atoms. The van der Waals surface area contributed by atoms with Crippen molar-refractivity contribution < 1.29 is 19.1 Å². The molecule has 9 heteroatoms. The minimum Gasteiger partial charge on any atom is -0.451 e. The Morgan fingerprint density at radius 1 is 1.20 bits per heavy atom. The van der Waals surface area contributed by atoms with Crippen molar-refractivity contribution in [3.8, 4) is 6.07 Å². The van der Waals surface area contributed by atoms with Crippen LogP contribution in [-0.4, -0.2) is 30.4 Å². The van der Waals surface area contributed by atoms with Crippen molar-refractivity contribution in [2.45, 2.75) is 13.0 Å². The number of hydrogen-bond donors (Lipinski definition) is 2. The highest BCUT2D eigenvalue weighted by Gasteiger charge is 2.21. The lowest BCUT2D eigenvalue weighted by Gasteiger charge is -2.14. The number of nitrogens with zero attached hydrogens (tertiary/aromatic N) is 1. The lowest BCUT2D eigenvalue weighted by atomic mass is 10.2. The molecule has 2 aromatic carbocycles. The van der Waals surface area contributed by atoms with E-state index < -0.39 is 30.4 Å². The maximum Gasteiger partial charge on any atom is 0.326 e. The third-order valence-electron chi connectivity index (χ3n) is 4.07. The number of carbonyl (C=O) groups is 3. The summed E-state index contributed by atoms with van der Waals surface area (Å²) in [5.41, 5.74) is 0.801. The van der Waals surface area contributed by atoms with Crippen LogP contribution >= 0.6 is 22.9 Å². The highest BCUT2D eigenvalue weighted by molar-refractivity contribution is 7.21. The zero-order chi connectivity index (χ0) is 21.7. The topological polar surface area (TPSA) is 108 Å². The van der Waals surface area contributed by atoms with Crippen LogP contribution < -0.4 is 10.6 Å². The highest BCUT2D eigenvalue weighted by Crippen LogP contribution is 2.34. The first-order valence-corrected chi connectivity index (χ1v) is 10.0. The second kappa shape index (κ2) is 9.39. The summed E-state index contributed by atoms with van der Waals surface area (Å²) in [6, 6.07) is 15.6. The molecule has 0 spiro atoms. The maximum absolute atomic E-state index is 12.4. The summed E-state index contributed by atoms with van der Waals surface area (Å²) in [5, 5.41) is 15.0. The molecule has 0 saturated heterocycles. The average molecular weight is 442 g/mol. The molecule has 2 amide bonds. The van der Waals surface area contributed by atoms with Crippen LogP contribution in [0.15, 0.2) is 48.5 Å². The van der Waals surface area contributed by atoms with E-state index in [2.05, 4.69) is 10.6 Å². The van der Waals surface area contributed by atoms with Crippen molar-refractivity contribution in [3.05, 3.63) is 64.0 Å². The average Bonchev–Trinajstić information content (AvgIpc) is 3.09. The first-order valence-electron chi connectivity index (χ1n) is 8.84. The fraction of sp³-hybridized carbons (Fsp3) is 0.143. The van der Waals surface area contributed by atoms with Gasteiger partial charge in [0.15, 0.2) is 6.10 Å². The predicted molar refractivity (Wildman–Crippen MR) is 115 cm³/mol. The molecule has 0 bridgehead atoms. The number of benzene rings is 2. The minimum atomic E-state index is -1.09. The van der Waals surface area contributed by atoms with Crippen LogP contribution in [0, 0.1) is 11.3 Å². The van der Waals surface area contributed by atoms with Gasteiger partial charge in [0.2, 0.25) is 0 Å². The Labute approximate surface area is 181 Å². The van der Waals surface area contributed by atoms with Gasteiger partial charge in [-0.2, -0.15) is 5.26 Å². The summed E-state index contributed by atoms with van der Waals surface area (Å²) in [5.74, 6) is -1.82. The fourth-order valence-electron chi connectivity index (χ4n) is 2.60. The number of thiophene rings is 1. The molecule has 1 atom stereocenters. The number of ether oxygens (including phenoxy) is 1. The third-order valence-corrected chi connectivity index (χ3v) is 5.75. The molecule has 0 radical (unpaired) electrons. The Kier molecular flexibility index (Phi) is 6.67. The SMILES string of the molecule is CC(OC(=O)CNC(=O)c1sc2ccccc2c1Cl)C(=O)Nc1cccc(C#N)c1. The summed E-state index contributed by atoms with van der Waals surface area (Å²) >= 11 is 7.48. The molecule has 0 fully saturated rings. The molecule has 1 aromatic heterocycles. The van der Waals surface area contributed by atoms with Crippen molar-refractivity contribution in [1.29, 1.82) is 5.26 Å². The van der Waals surface area contributed by atoms with Crippen LogP contribution in [0.2, 0.25) is 5.02 Å². The lowest BCUT2D eigenvalue weighted by molar-refractivity contribution is -0.152. The number of esters is 1. The Morgan fingerprint density at radius 3 is 2.70 bits per heavy atom. The molecule has 3 rings (SSSR count). The van der Waals surface area contributed by atoms with Gasteiger partial charge in [-0.1, -0.05) is 35.9 Å². The molecule has 0 saturated carbocycles. The van der Waals surface area contributed by atoms with E-state index in [-0.39, 0.29) is 0 Å². The molecule has 7 nitrogen and oxygen atoms in total. The zero-order valence-electron chi connectivity index (χ0n) is 15.8. The molecule has 0 aliphatic rings. The maximum atomic E-state index is 12.4. The van der Waals surface area contributed by atoms with Crippen molar-refractivity contribution in [2.24, 2.45) is 0 Å². The Hall–Kier alpha value is -3.41. The van der Waals surface area contributed by atoms with Crippen LogP contribution in [0.25, 0.3) is 10.1 Å². The molecule has 1 heterocycles. The zero-order valence-corrected chi connectivity index (χ0v) is 17.3. The molecule has 3 aromatic rings. The van der Waals surface area contributed by atoms with Gasteiger partial charge in [-0.25, -0.2) is 0 Å². The number of halogens is 1. The Balaban J connectivity index is 1.53. The lowest BCUT2D eigenvalue weighted by Crippen LogP contribution is -2.35. The number of anilines is 1. The molecular weight excluding hydrogens is 426 g/mol. The molecule has 0 aliphatic carbocycles. The van der Waals surface area contributed by atoms with Crippen molar-refractivity contribution in [3.63, 3.8) is 0 Å². The van der Waals surface area contributed by atoms with Crippen molar-refractivity contribution >= 4 is 56.5 Å². The summed E-state index contributed by atoms with van der Waals surface area (Å²) in [6.45, 7) is 0.997. The van der Waals surface area contributed by atoms with Crippen molar-refractivity contribution in [1.82, 2.24) is 5.32 Å². The van der Waals surface area contributed by atoms with Gasteiger partial charge in [0, 0.05) is 15.8 Å². The van der Waals surface area contributed by atoms with Gasteiger partial charge < -0.3 is 15.4 Å². The van der Waals surface area contributed by atoms with Gasteiger partial charge in [0.05, 0.1) is 16.7 Å². The van der Waals surface area contributed by atoms with E-state index in [1.54, 1.807) is 18.2 Å². The third kappa shape index (κ3) is 4.95. The minimum absolute atomic E-state index is 0.300. The monoisotopic (exact) mass is 441 g/mol. The number of rotatable bonds is 6. The van der Waals surface area contributed by atoms with E-state index in [1.807, 2.05) is 30.3 Å².